The minimum Gasteiger partial charge on any atom is -0.338 e. The molecule has 0 aliphatic carbocycles. The Morgan fingerprint density at radius 2 is 2.09 bits per heavy atom. The zero-order valence-corrected chi connectivity index (χ0v) is 14.1. The van der Waals surface area contributed by atoms with Gasteiger partial charge in [-0.05, 0) is 38.6 Å². The normalized spacial score (nSPS) is 12.5. The first-order valence-electron chi connectivity index (χ1n) is 6.75. The number of carbonyl (C=O) groups is 1. The average molecular weight is 342 g/mol. The smallest absolute Gasteiger partial charge is 0.243 e. The molecular weight excluding hydrogens is 325 g/mol. The molecule has 1 heterocycles. The second kappa shape index (κ2) is 7.13. The van der Waals surface area contributed by atoms with Gasteiger partial charge in [-0.1, -0.05) is 34.4 Å². The molecule has 0 aliphatic rings. The molecule has 118 valence electrons. The standard InChI is InChI=1S/C15H17Cl2N3O2/c1-9-6-14(22-19-9)18-15(21)10(2)20(3)8-11-4-5-12(16)13(17)7-11/h4-7,10H,8H2,1-3H3,(H,18,21)/t10-/m1/s1. The van der Waals surface area contributed by atoms with Gasteiger partial charge in [-0.25, -0.2) is 0 Å². The number of benzene rings is 1. The number of likely N-dealkylation sites (N-methyl/N-ethyl adjacent to an activating group) is 1. The summed E-state index contributed by atoms with van der Waals surface area (Å²) in [6.45, 7) is 4.18. The van der Waals surface area contributed by atoms with Crippen LogP contribution in [0.15, 0.2) is 28.8 Å². The Hall–Kier alpha value is -1.56. The second-order valence-corrected chi connectivity index (χ2v) is 5.98. The Morgan fingerprint density at radius 3 is 2.68 bits per heavy atom. The molecule has 0 aliphatic heterocycles. The molecule has 5 nitrogen and oxygen atoms in total. The van der Waals surface area contributed by atoms with E-state index < -0.39 is 0 Å². The molecular formula is C15H17Cl2N3O2. The Kier molecular flexibility index (Phi) is 5.45. The van der Waals surface area contributed by atoms with Crippen molar-refractivity contribution in [3.05, 3.63) is 45.6 Å². The molecule has 0 saturated heterocycles. The van der Waals surface area contributed by atoms with Gasteiger partial charge in [0.05, 0.1) is 21.8 Å². The summed E-state index contributed by atoms with van der Waals surface area (Å²) < 4.78 is 4.98. The number of aromatic nitrogens is 1. The molecule has 1 aromatic heterocycles. The Balaban J connectivity index is 1.97. The van der Waals surface area contributed by atoms with E-state index in [9.17, 15) is 4.79 Å². The molecule has 0 unspecified atom stereocenters. The molecule has 0 fully saturated rings. The molecule has 1 aromatic carbocycles. The van der Waals surface area contributed by atoms with Crippen LogP contribution in [0.2, 0.25) is 10.0 Å². The lowest BCUT2D eigenvalue weighted by molar-refractivity contribution is -0.120. The predicted octanol–water partition coefficient (Wildman–Crippen LogP) is 3.75. The molecule has 7 heteroatoms. The van der Waals surface area contributed by atoms with Gasteiger partial charge < -0.3 is 4.52 Å². The van der Waals surface area contributed by atoms with E-state index in [1.54, 1.807) is 25.1 Å². The summed E-state index contributed by atoms with van der Waals surface area (Å²) in [7, 11) is 1.86. The van der Waals surface area contributed by atoms with Gasteiger partial charge in [0.15, 0.2) is 0 Å². The predicted molar refractivity (Wildman–Crippen MR) is 87.3 cm³/mol. The molecule has 0 radical (unpaired) electrons. The molecule has 0 saturated carbocycles. The van der Waals surface area contributed by atoms with E-state index in [0.29, 0.717) is 28.2 Å². The third-order valence-corrected chi connectivity index (χ3v) is 4.07. The van der Waals surface area contributed by atoms with Crippen molar-refractivity contribution in [2.75, 3.05) is 12.4 Å². The number of aryl methyl sites for hydroxylation is 1. The highest BCUT2D eigenvalue weighted by Crippen LogP contribution is 2.23. The van der Waals surface area contributed by atoms with Crippen LogP contribution in [0.1, 0.15) is 18.2 Å². The maximum atomic E-state index is 12.2. The fraction of sp³-hybridized carbons (Fsp3) is 0.333. The highest BCUT2D eigenvalue weighted by Gasteiger charge is 2.19. The van der Waals surface area contributed by atoms with Gasteiger partial charge >= 0.3 is 0 Å². The average Bonchev–Trinajstić information content (AvgIpc) is 2.87. The van der Waals surface area contributed by atoms with Crippen LogP contribution in [0.5, 0.6) is 0 Å². The molecule has 0 bridgehead atoms. The van der Waals surface area contributed by atoms with Crippen LogP contribution in [0.25, 0.3) is 0 Å². The van der Waals surface area contributed by atoms with E-state index in [0.717, 1.165) is 5.56 Å². The zero-order valence-electron chi connectivity index (χ0n) is 12.6. The van der Waals surface area contributed by atoms with Crippen LogP contribution < -0.4 is 5.32 Å². The van der Waals surface area contributed by atoms with Crippen molar-refractivity contribution in [3.63, 3.8) is 0 Å². The minimum absolute atomic E-state index is 0.168. The maximum Gasteiger partial charge on any atom is 0.243 e. The summed E-state index contributed by atoms with van der Waals surface area (Å²) in [6.07, 6.45) is 0. The summed E-state index contributed by atoms with van der Waals surface area (Å²) in [6, 6.07) is 6.75. The molecule has 2 aromatic rings. The highest BCUT2D eigenvalue weighted by molar-refractivity contribution is 6.42. The summed E-state index contributed by atoms with van der Waals surface area (Å²) in [5.74, 6) is 0.177. The van der Waals surface area contributed by atoms with Gasteiger partial charge in [0.2, 0.25) is 11.8 Å². The largest absolute Gasteiger partial charge is 0.338 e. The number of hydrogen-bond donors (Lipinski definition) is 1. The van der Waals surface area contributed by atoms with Crippen LogP contribution in [-0.4, -0.2) is 29.1 Å². The van der Waals surface area contributed by atoms with E-state index in [4.69, 9.17) is 27.7 Å². The van der Waals surface area contributed by atoms with Gasteiger partial charge in [0, 0.05) is 12.6 Å². The third-order valence-electron chi connectivity index (χ3n) is 3.33. The lowest BCUT2D eigenvalue weighted by Gasteiger charge is -2.23. The quantitative estimate of drug-likeness (QED) is 0.899. The summed E-state index contributed by atoms with van der Waals surface area (Å²) in [5.41, 5.74) is 1.69. The van der Waals surface area contributed by atoms with Crippen LogP contribution in [0, 0.1) is 6.92 Å². The monoisotopic (exact) mass is 341 g/mol. The van der Waals surface area contributed by atoms with Crippen molar-refractivity contribution in [3.8, 4) is 0 Å². The number of anilines is 1. The lowest BCUT2D eigenvalue weighted by atomic mass is 10.2. The third kappa shape index (κ3) is 4.22. The first-order chi connectivity index (χ1) is 10.4. The molecule has 1 N–H and O–H groups in total. The minimum atomic E-state index is -0.347. The number of hydrogen-bond acceptors (Lipinski definition) is 4. The molecule has 1 atom stereocenters. The first kappa shape index (κ1) is 16.8. The van der Waals surface area contributed by atoms with Crippen LogP contribution in [0.4, 0.5) is 5.88 Å². The molecule has 22 heavy (non-hydrogen) atoms. The summed E-state index contributed by atoms with van der Waals surface area (Å²) in [5, 5.41) is 7.44. The second-order valence-electron chi connectivity index (χ2n) is 5.16. The fourth-order valence-corrected chi connectivity index (χ4v) is 2.23. The van der Waals surface area contributed by atoms with Crippen LogP contribution >= 0.6 is 23.2 Å². The van der Waals surface area contributed by atoms with E-state index in [-0.39, 0.29) is 11.9 Å². The van der Waals surface area contributed by atoms with E-state index in [1.165, 1.54) is 0 Å². The Morgan fingerprint density at radius 1 is 1.36 bits per heavy atom. The number of nitrogens with one attached hydrogen (secondary N) is 1. The van der Waals surface area contributed by atoms with Crippen molar-refractivity contribution in [1.82, 2.24) is 10.1 Å². The van der Waals surface area contributed by atoms with Crippen LogP contribution in [-0.2, 0) is 11.3 Å². The lowest BCUT2D eigenvalue weighted by Crippen LogP contribution is -2.39. The van der Waals surface area contributed by atoms with Crippen molar-refractivity contribution in [2.24, 2.45) is 0 Å². The van der Waals surface area contributed by atoms with Crippen molar-refractivity contribution in [1.29, 1.82) is 0 Å². The summed E-state index contributed by atoms with van der Waals surface area (Å²) >= 11 is 11.9. The van der Waals surface area contributed by atoms with Gasteiger partial charge in [0.1, 0.15) is 0 Å². The van der Waals surface area contributed by atoms with Gasteiger partial charge in [-0.3, -0.25) is 15.0 Å². The zero-order chi connectivity index (χ0) is 16.3. The van der Waals surface area contributed by atoms with Gasteiger partial charge in [-0.2, -0.15) is 0 Å². The summed E-state index contributed by atoms with van der Waals surface area (Å²) in [4.78, 5) is 14.1. The first-order valence-corrected chi connectivity index (χ1v) is 7.50. The van der Waals surface area contributed by atoms with Crippen molar-refractivity contribution < 1.29 is 9.32 Å². The van der Waals surface area contributed by atoms with Gasteiger partial charge in [0.25, 0.3) is 0 Å². The van der Waals surface area contributed by atoms with Gasteiger partial charge in [-0.15, -0.1) is 0 Å². The highest BCUT2D eigenvalue weighted by atomic mass is 35.5. The van der Waals surface area contributed by atoms with Crippen molar-refractivity contribution in [2.45, 2.75) is 26.4 Å². The number of nitrogens with zero attached hydrogens (tertiary/aromatic N) is 2. The van der Waals surface area contributed by atoms with E-state index in [1.807, 2.05) is 24.9 Å². The molecule has 0 spiro atoms. The maximum absolute atomic E-state index is 12.2. The fourth-order valence-electron chi connectivity index (χ4n) is 1.91. The molecule has 1 amide bonds. The Labute approximate surface area is 139 Å². The number of amides is 1. The SMILES string of the molecule is Cc1cc(NC(=O)[C@@H](C)N(C)Cc2ccc(Cl)c(Cl)c2)on1. The Bertz CT molecular complexity index is 673. The number of rotatable bonds is 5. The number of halogens is 2. The van der Waals surface area contributed by atoms with Crippen LogP contribution in [0.3, 0.4) is 0 Å². The van der Waals surface area contributed by atoms with E-state index in [2.05, 4.69) is 10.5 Å². The van der Waals surface area contributed by atoms with Crippen molar-refractivity contribution >= 4 is 35.0 Å². The number of carbonyl (C=O) groups excluding carboxylic acids is 1. The van der Waals surface area contributed by atoms with E-state index >= 15 is 0 Å². The molecule has 2 rings (SSSR count). The topological polar surface area (TPSA) is 58.4 Å².